The van der Waals surface area contributed by atoms with Gasteiger partial charge in [0.1, 0.15) is 18.1 Å². The molecule has 2 N–H and O–H groups in total. The number of hydrogen-bond acceptors (Lipinski definition) is 4. The Morgan fingerprint density at radius 2 is 1.69 bits per heavy atom. The summed E-state index contributed by atoms with van der Waals surface area (Å²) in [5.74, 6) is 0.0314. The Balaban J connectivity index is 1.66. The van der Waals surface area contributed by atoms with Crippen LogP contribution < -0.4 is 15.4 Å². The highest BCUT2D eigenvalue weighted by molar-refractivity contribution is 7.10. The molecule has 0 spiro atoms. The first-order valence-corrected chi connectivity index (χ1v) is 10.1. The molecule has 1 atom stereocenters. The molecular formula is C23H22N2O3S. The van der Waals surface area contributed by atoms with Crippen molar-refractivity contribution in [2.45, 2.75) is 13.0 Å². The number of para-hydroxylation sites is 1. The lowest BCUT2D eigenvalue weighted by atomic mass is 10.2. The van der Waals surface area contributed by atoms with Crippen LogP contribution in [-0.2, 0) is 4.79 Å². The summed E-state index contributed by atoms with van der Waals surface area (Å²) in [6, 6.07) is 21.7. The van der Waals surface area contributed by atoms with Gasteiger partial charge in [-0.3, -0.25) is 9.59 Å². The smallest absolute Gasteiger partial charge is 0.268 e. The first-order chi connectivity index (χ1) is 14.1. The summed E-state index contributed by atoms with van der Waals surface area (Å²) in [6.07, 6.45) is 1.67. The molecule has 2 amide bonds. The lowest BCUT2D eigenvalue weighted by Gasteiger charge is -2.17. The number of benzene rings is 2. The van der Waals surface area contributed by atoms with E-state index in [1.54, 1.807) is 30.3 Å². The van der Waals surface area contributed by atoms with Gasteiger partial charge in [0.05, 0.1) is 6.04 Å². The van der Waals surface area contributed by atoms with E-state index in [2.05, 4.69) is 10.6 Å². The standard InChI is InChI=1S/C23H22N2O3S/c1-17(16-28-19-11-6-3-7-12-19)24-23(27)21(15-20-13-8-14-29-20)25-22(26)18-9-4-2-5-10-18/h2-15,17H,16H2,1H3,(H,24,27)(H,25,26)/b21-15-/t17-/m1/s1. The Morgan fingerprint density at radius 3 is 2.34 bits per heavy atom. The topological polar surface area (TPSA) is 67.4 Å². The zero-order chi connectivity index (χ0) is 20.5. The molecule has 0 bridgehead atoms. The first kappa shape index (κ1) is 20.4. The molecule has 0 unspecified atom stereocenters. The van der Waals surface area contributed by atoms with Gasteiger partial charge < -0.3 is 15.4 Å². The van der Waals surface area contributed by atoms with Gasteiger partial charge in [0, 0.05) is 10.4 Å². The number of ether oxygens (including phenoxy) is 1. The maximum atomic E-state index is 12.8. The van der Waals surface area contributed by atoms with E-state index >= 15 is 0 Å². The molecular weight excluding hydrogens is 384 g/mol. The molecule has 0 fully saturated rings. The van der Waals surface area contributed by atoms with E-state index in [1.165, 1.54) is 11.3 Å². The van der Waals surface area contributed by atoms with E-state index < -0.39 is 0 Å². The van der Waals surface area contributed by atoms with Gasteiger partial charge in [0.25, 0.3) is 11.8 Å². The Kier molecular flexibility index (Phi) is 7.19. The van der Waals surface area contributed by atoms with Gasteiger partial charge in [-0.2, -0.15) is 0 Å². The maximum Gasteiger partial charge on any atom is 0.268 e. The summed E-state index contributed by atoms with van der Waals surface area (Å²) in [5.41, 5.74) is 0.672. The summed E-state index contributed by atoms with van der Waals surface area (Å²) < 4.78 is 5.69. The van der Waals surface area contributed by atoms with Crippen molar-refractivity contribution in [1.82, 2.24) is 10.6 Å². The van der Waals surface area contributed by atoms with Crippen LogP contribution in [0.15, 0.2) is 83.9 Å². The van der Waals surface area contributed by atoms with E-state index in [0.717, 1.165) is 10.6 Å². The fraction of sp³-hybridized carbons (Fsp3) is 0.130. The van der Waals surface area contributed by atoms with Crippen molar-refractivity contribution >= 4 is 29.2 Å². The first-order valence-electron chi connectivity index (χ1n) is 9.22. The molecule has 0 aliphatic rings. The number of carbonyl (C=O) groups excluding carboxylic acids is 2. The Labute approximate surface area is 174 Å². The molecule has 148 valence electrons. The third-order valence-corrected chi connectivity index (χ3v) is 4.80. The molecule has 0 aliphatic heterocycles. The molecule has 29 heavy (non-hydrogen) atoms. The molecule has 1 aromatic heterocycles. The largest absolute Gasteiger partial charge is 0.491 e. The lowest BCUT2D eigenvalue weighted by molar-refractivity contribution is -0.118. The normalized spacial score (nSPS) is 12.1. The van der Waals surface area contributed by atoms with Crippen LogP contribution in [0.2, 0.25) is 0 Å². The third kappa shape index (κ3) is 6.33. The third-order valence-electron chi connectivity index (χ3n) is 3.98. The van der Waals surface area contributed by atoms with Crippen molar-refractivity contribution < 1.29 is 14.3 Å². The fourth-order valence-electron chi connectivity index (χ4n) is 2.54. The molecule has 3 rings (SSSR count). The van der Waals surface area contributed by atoms with E-state index in [-0.39, 0.29) is 23.6 Å². The number of amides is 2. The highest BCUT2D eigenvalue weighted by Crippen LogP contribution is 2.14. The molecule has 0 aliphatic carbocycles. The van der Waals surface area contributed by atoms with E-state index in [9.17, 15) is 9.59 Å². The Hall–Kier alpha value is -3.38. The SMILES string of the molecule is C[C@H](COc1ccccc1)NC(=O)/C(=C/c1cccs1)NC(=O)c1ccccc1. The summed E-state index contributed by atoms with van der Waals surface area (Å²) in [5, 5.41) is 7.52. The Morgan fingerprint density at radius 1 is 1.00 bits per heavy atom. The molecule has 6 heteroatoms. The molecule has 1 heterocycles. The van der Waals surface area contributed by atoms with Gasteiger partial charge in [0.15, 0.2) is 0 Å². The van der Waals surface area contributed by atoms with Crippen molar-refractivity contribution in [2.75, 3.05) is 6.61 Å². The number of rotatable bonds is 8. The van der Waals surface area contributed by atoms with Crippen LogP contribution in [0.4, 0.5) is 0 Å². The second kappa shape index (κ2) is 10.2. The lowest BCUT2D eigenvalue weighted by Crippen LogP contribution is -2.41. The van der Waals surface area contributed by atoms with Crippen molar-refractivity contribution in [3.8, 4) is 5.75 Å². The average molecular weight is 407 g/mol. The van der Waals surface area contributed by atoms with Crippen LogP contribution >= 0.6 is 11.3 Å². The summed E-state index contributed by atoms with van der Waals surface area (Å²) in [6.45, 7) is 2.16. The predicted octanol–water partition coefficient (Wildman–Crippen LogP) is 4.10. The summed E-state index contributed by atoms with van der Waals surface area (Å²) in [7, 11) is 0. The van der Waals surface area contributed by atoms with E-state index in [0.29, 0.717) is 12.2 Å². The van der Waals surface area contributed by atoms with Crippen LogP contribution in [0.3, 0.4) is 0 Å². The second-order valence-electron chi connectivity index (χ2n) is 6.39. The van der Waals surface area contributed by atoms with Crippen LogP contribution in [-0.4, -0.2) is 24.5 Å². The number of thiophene rings is 1. The average Bonchev–Trinajstić information content (AvgIpc) is 3.26. The predicted molar refractivity (Wildman–Crippen MR) is 116 cm³/mol. The van der Waals surface area contributed by atoms with Gasteiger partial charge in [0.2, 0.25) is 0 Å². The zero-order valence-electron chi connectivity index (χ0n) is 16.0. The molecule has 0 saturated heterocycles. The molecule has 3 aromatic rings. The monoisotopic (exact) mass is 406 g/mol. The fourth-order valence-corrected chi connectivity index (χ4v) is 3.20. The van der Waals surface area contributed by atoms with Crippen LogP contribution in [0.1, 0.15) is 22.2 Å². The zero-order valence-corrected chi connectivity index (χ0v) is 16.8. The van der Waals surface area contributed by atoms with Gasteiger partial charge in [-0.05, 0) is 48.7 Å². The maximum absolute atomic E-state index is 12.8. The molecule has 2 aromatic carbocycles. The second-order valence-corrected chi connectivity index (χ2v) is 7.37. The van der Waals surface area contributed by atoms with Crippen molar-refractivity contribution in [1.29, 1.82) is 0 Å². The van der Waals surface area contributed by atoms with Crippen molar-refractivity contribution in [3.63, 3.8) is 0 Å². The van der Waals surface area contributed by atoms with Crippen LogP contribution in [0.5, 0.6) is 5.75 Å². The quantitative estimate of drug-likeness (QED) is 0.554. The summed E-state index contributed by atoms with van der Waals surface area (Å²) >= 11 is 1.49. The number of nitrogens with one attached hydrogen (secondary N) is 2. The number of hydrogen-bond donors (Lipinski definition) is 2. The molecule has 0 saturated carbocycles. The Bertz CT molecular complexity index is 954. The number of carbonyl (C=O) groups is 2. The highest BCUT2D eigenvalue weighted by atomic mass is 32.1. The molecule has 0 radical (unpaired) electrons. The van der Waals surface area contributed by atoms with Crippen LogP contribution in [0, 0.1) is 0 Å². The minimum absolute atomic E-state index is 0.188. The van der Waals surface area contributed by atoms with E-state index in [4.69, 9.17) is 4.74 Å². The summed E-state index contributed by atoms with van der Waals surface area (Å²) in [4.78, 5) is 26.2. The van der Waals surface area contributed by atoms with Crippen molar-refractivity contribution in [3.05, 3.63) is 94.3 Å². The van der Waals surface area contributed by atoms with Crippen LogP contribution in [0.25, 0.3) is 6.08 Å². The van der Waals surface area contributed by atoms with Gasteiger partial charge in [-0.1, -0.05) is 42.5 Å². The minimum Gasteiger partial charge on any atom is -0.491 e. The minimum atomic E-state index is -0.369. The van der Waals surface area contributed by atoms with Gasteiger partial charge in [-0.25, -0.2) is 0 Å². The highest BCUT2D eigenvalue weighted by Gasteiger charge is 2.17. The van der Waals surface area contributed by atoms with Crippen molar-refractivity contribution in [2.24, 2.45) is 0 Å². The molecule has 5 nitrogen and oxygen atoms in total. The van der Waals surface area contributed by atoms with Gasteiger partial charge >= 0.3 is 0 Å². The van der Waals surface area contributed by atoms with E-state index in [1.807, 2.05) is 60.8 Å². The van der Waals surface area contributed by atoms with Gasteiger partial charge in [-0.15, -0.1) is 11.3 Å².